The largest absolute Gasteiger partial charge is 1.00 e. The van der Waals surface area contributed by atoms with Crippen LogP contribution in [-0.4, -0.2) is 25.2 Å². The van der Waals surface area contributed by atoms with Crippen molar-refractivity contribution in [3.05, 3.63) is 24.5 Å². The van der Waals surface area contributed by atoms with Gasteiger partial charge in [-0.15, -0.1) is 0 Å². The summed E-state index contributed by atoms with van der Waals surface area (Å²) in [7, 11) is 4.02. The predicted molar refractivity (Wildman–Crippen MR) is 44.0 cm³/mol. The average Bonchev–Trinajstić information content (AvgIpc) is 2.05. The molecule has 0 aliphatic carbocycles. The zero-order valence-corrected chi connectivity index (χ0v) is 13.4. The number of carbonyl (C=O) groups is 1. The Morgan fingerprint density at radius 1 is 1.20 bits per heavy atom. The third-order valence-corrected chi connectivity index (χ3v) is 1.18. The van der Waals surface area contributed by atoms with Gasteiger partial charge in [0, 0.05) is 32.2 Å². The SMILES string of the molecule is CN(C)c1ccncc1.O=C([O-])[O-].[Na+].[Na+]. The summed E-state index contributed by atoms with van der Waals surface area (Å²) < 4.78 is 0. The molecular weight excluding hydrogens is 218 g/mol. The normalized spacial score (nSPS) is 7.07. The van der Waals surface area contributed by atoms with Crippen molar-refractivity contribution in [2.45, 2.75) is 0 Å². The molecule has 0 aromatic carbocycles. The minimum Gasteiger partial charge on any atom is -0.652 e. The molecular formula is C8H10N2Na2O3. The Balaban J connectivity index is -0.000000213. The predicted octanol–water partition coefficient (Wildman–Crippen LogP) is -7.29. The number of rotatable bonds is 1. The monoisotopic (exact) mass is 228 g/mol. The topological polar surface area (TPSA) is 79.3 Å². The molecule has 72 valence electrons. The molecule has 0 amide bonds. The molecule has 0 saturated carbocycles. The number of pyridine rings is 1. The molecule has 0 aliphatic heterocycles. The molecule has 0 atom stereocenters. The maximum atomic E-state index is 8.33. The Hall–Kier alpha value is 0.220. The summed E-state index contributed by atoms with van der Waals surface area (Å²) >= 11 is 0. The molecule has 1 aromatic heterocycles. The standard InChI is InChI=1S/C7H10N2.CH2O3.2Na/c1-9(2)7-3-5-8-6-4-7;2-1(3)4;;/h3-6H,1-2H3;(H2,2,3,4);;/q;;2*+1/p-2. The number of carbonyl (C=O) groups excluding carboxylic acids is 1. The van der Waals surface area contributed by atoms with E-state index in [1.807, 2.05) is 31.1 Å². The van der Waals surface area contributed by atoms with Crippen LogP contribution in [-0.2, 0) is 0 Å². The van der Waals surface area contributed by atoms with Gasteiger partial charge in [-0.25, -0.2) is 0 Å². The summed E-state index contributed by atoms with van der Waals surface area (Å²) in [4.78, 5) is 14.3. The van der Waals surface area contributed by atoms with Gasteiger partial charge in [0.25, 0.3) is 0 Å². The first-order valence-corrected chi connectivity index (χ1v) is 3.49. The number of hydrogen-bond acceptors (Lipinski definition) is 5. The van der Waals surface area contributed by atoms with Gasteiger partial charge >= 0.3 is 59.1 Å². The number of aromatic nitrogens is 1. The third kappa shape index (κ3) is 14.2. The maximum Gasteiger partial charge on any atom is 1.00 e. The van der Waals surface area contributed by atoms with Crippen LogP contribution in [0.3, 0.4) is 0 Å². The van der Waals surface area contributed by atoms with Crippen LogP contribution in [0.4, 0.5) is 10.5 Å². The van der Waals surface area contributed by atoms with Crippen LogP contribution in [0.2, 0.25) is 0 Å². The van der Waals surface area contributed by atoms with Gasteiger partial charge < -0.3 is 19.9 Å². The van der Waals surface area contributed by atoms with Gasteiger partial charge in [-0.05, 0) is 18.3 Å². The van der Waals surface area contributed by atoms with Crippen LogP contribution in [0.15, 0.2) is 24.5 Å². The Labute approximate surface area is 133 Å². The molecule has 0 N–H and O–H groups in total. The van der Waals surface area contributed by atoms with Crippen LogP contribution in [0.25, 0.3) is 0 Å². The van der Waals surface area contributed by atoms with E-state index >= 15 is 0 Å². The van der Waals surface area contributed by atoms with Gasteiger partial charge in [-0.1, -0.05) is 0 Å². The van der Waals surface area contributed by atoms with Crippen molar-refractivity contribution in [2.75, 3.05) is 19.0 Å². The van der Waals surface area contributed by atoms with Gasteiger partial charge in [0.2, 0.25) is 0 Å². The van der Waals surface area contributed by atoms with Crippen LogP contribution < -0.4 is 74.2 Å². The van der Waals surface area contributed by atoms with Gasteiger partial charge in [-0.3, -0.25) is 4.98 Å². The maximum absolute atomic E-state index is 8.33. The fraction of sp³-hybridized carbons (Fsp3) is 0.250. The first-order valence-electron chi connectivity index (χ1n) is 3.49. The molecule has 1 heterocycles. The molecule has 0 fully saturated rings. The van der Waals surface area contributed by atoms with E-state index in [0.29, 0.717) is 0 Å². The molecule has 1 rings (SSSR count). The zero-order valence-electron chi connectivity index (χ0n) is 9.43. The number of hydrogen-bond donors (Lipinski definition) is 0. The van der Waals surface area contributed by atoms with Crippen molar-refractivity contribution >= 4 is 11.8 Å². The number of carboxylic acid groups (broad SMARTS) is 2. The molecule has 0 aliphatic rings. The van der Waals surface area contributed by atoms with Gasteiger partial charge in [-0.2, -0.15) is 0 Å². The molecule has 1 aromatic rings. The van der Waals surface area contributed by atoms with E-state index in [0.717, 1.165) is 0 Å². The molecule has 0 radical (unpaired) electrons. The van der Waals surface area contributed by atoms with Crippen LogP contribution in [0, 0.1) is 0 Å². The molecule has 5 nitrogen and oxygen atoms in total. The Morgan fingerprint density at radius 2 is 1.53 bits per heavy atom. The second kappa shape index (κ2) is 12.3. The van der Waals surface area contributed by atoms with E-state index in [4.69, 9.17) is 15.0 Å². The van der Waals surface area contributed by atoms with E-state index in [2.05, 4.69) is 4.98 Å². The Bertz CT molecular complexity index is 253. The van der Waals surface area contributed by atoms with Crippen molar-refractivity contribution in [2.24, 2.45) is 0 Å². The first-order chi connectivity index (χ1) is 6.04. The fourth-order valence-corrected chi connectivity index (χ4v) is 0.642. The van der Waals surface area contributed by atoms with E-state index in [-0.39, 0.29) is 59.1 Å². The minimum atomic E-state index is -2.33. The van der Waals surface area contributed by atoms with Crippen molar-refractivity contribution in [3.63, 3.8) is 0 Å². The molecule has 7 heteroatoms. The van der Waals surface area contributed by atoms with Crippen LogP contribution in [0.1, 0.15) is 0 Å². The van der Waals surface area contributed by atoms with Gasteiger partial charge in [0.05, 0.1) is 0 Å². The molecule has 0 bridgehead atoms. The van der Waals surface area contributed by atoms with Gasteiger partial charge in [0.15, 0.2) is 0 Å². The first kappa shape index (κ1) is 20.6. The molecule has 0 saturated heterocycles. The number of nitrogens with zero attached hydrogens (tertiary/aromatic N) is 2. The molecule has 15 heavy (non-hydrogen) atoms. The molecule has 0 unspecified atom stereocenters. The van der Waals surface area contributed by atoms with Gasteiger partial charge in [0.1, 0.15) is 0 Å². The summed E-state index contributed by atoms with van der Waals surface area (Å²) in [6, 6.07) is 3.94. The summed E-state index contributed by atoms with van der Waals surface area (Å²) in [6.45, 7) is 0. The number of anilines is 1. The summed E-state index contributed by atoms with van der Waals surface area (Å²) in [6.07, 6.45) is 1.24. The second-order valence-electron chi connectivity index (χ2n) is 2.35. The third-order valence-electron chi connectivity index (χ3n) is 1.18. The zero-order chi connectivity index (χ0) is 10.3. The van der Waals surface area contributed by atoms with E-state index in [1.54, 1.807) is 12.4 Å². The second-order valence-corrected chi connectivity index (χ2v) is 2.35. The summed E-state index contributed by atoms with van der Waals surface area (Å²) in [5.41, 5.74) is 1.19. The fourth-order valence-electron chi connectivity index (χ4n) is 0.642. The summed E-state index contributed by atoms with van der Waals surface area (Å²) in [5.74, 6) is 0. The van der Waals surface area contributed by atoms with Crippen LogP contribution >= 0.6 is 0 Å². The van der Waals surface area contributed by atoms with Crippen molar-refractivity contribution in [1.29, 1.82) is 0 Å². The quantitative estimate of drug-likeness (QED) is 0.446. The van der Waals surface area contributed by atoms with Crippen LogP contribution in [0.5, 0.6) is 0 Å². The summed E-state index contributed by atoms with van der Waals surface area (Å²) in [5, 5.41) is 16.7. The minimum absolute atomic E-state index is 0. The van der Waals surface area contributed by atoms with Crippen molar-refractivity contribution in [1.82, 2.24) is 4.98 Å². The average molecular weight is 228 g/mol. The van der Waals surface area contributed by atoms with E-state index in [9.17, 15) is 0 Å². The smallest absolute Gasteiger partial charge is 0.652 e. The Kier molecular flexibility index (Phi) is 16.9. The van der Waals surface area contributed by atoms with E-state index in [1.165, 1.54) is 5.69 Å². The van der Waals surface area contributed by atoms with Crippen molar-refractivity contribution < 1.29 is 74.1 Å². The molecule has 0 spiro atoms. The van der Waals surface area contributed by atoms with Crippen molar-refractivity contribution in [3.8, 4) is 0 Å². The Morgan fingerprint density at radius 3 is 1.73 bits per heavy atom. The van der Waals surface area contributed by atoms with E-state index < -0.39 is 6.16 Å².